The van der Waals surface area contributed by atoms with Crippen LogP contribution in [0.5, 0.6) is 0 Å². The van der Waals surface area contributed by atoms with E-state index in [2.05, 4.69) is 68.5 Å². The number of hydrogen-bond acceptors (Lipinski definition) is 7. The normalized spacial score (nSPS) is 14.5. The van der Waals surface area contributed by atoms with Crippen molar-refractivity contribution in [2.24, 2.45) is 0 Å². The Labute approximate surface area is 201 Å². The van der Waals surface area contributed by atoms with Crippen molar-refractivity contribution in [3.8, 4) is 16.6 Å². The number of benzene rings is 2. The van der Waals surface area contributed by atoms with Crippen LogP contribution in [-0.4, -0.2) is 53.1 Å². The average Bonchev–Trinajstić information content (AvgIpc) is 3.51. The van der Waals surface area contributed by atoms with Gasteiger partial charge in [-0.3, -0.25) is 0 Å². The Morgan fingerprint density at radius 2 is 1.82 bits per heavy atom. The Morgan fingerprint density at radius 3 is 2.62 bits per heavy atom. The average molecular weight is 466 g/mol. The van der Waals surface area contributed by atoms with Gasteiger partial charge in [-0.2, -0.15) is 10.2 Å². The Balaban J connectivity index is 1.31. The molecule has 0 bridgehead atoms. The molecule has 168 valence electrons. The number of nitrogens with zero attached hydrogens (tertiary/aromatic N) is 5. The van der Waals surface area contributed by atoms with E-state index in [1.165, 1.54) is 5.69 Å². The first kappa shape index (κ1) is 20.7. The molecule has 6 rings (SSSR count). The van der Waals surface area contributed by atoms with Crippen LogP contribution in [0, 0.1) is 11.3 Å². The molecule has 8 heteroatoms. The minimum Gasteiger partial charge on any atom is -0.369 e. The summed E-state index contributed by atoms with van der Waals surface area (Å²) < 4.78 is 1.07. The van der Waals surface area contributed by atoms with Crippen molar-refractivity contribution in [1.82, 2.24) is 19.9 Å². The van der Waals surface area contributed by atoms with Gasteiger partial charge in [0, 0.05) is 53.8 Å². The highest BCUT2D eigenvalue weighted by atomic mass is 32.1. The molecule has 0 atom stereocenters. The second-order valence-corrected chi connectivity index (χ2v) is 9.66. The summed E-state index contributed by atoms with van der Waals surface area (Å²) in [5.41, 5.74) is 4.52. The van der Waals surface area contributed by atoms with Crippen molar-refractivity contribution < 1.29 is 0 Å². The van der Waals surface area contributed by atoms with Crippen molar-refractivity contribution in [2.45, 2.75) is 0 Å². The predicted octanol–water partition coefficient (Wildman–Crippen LogP) is 5.21. The zero-order valence-electron chi connectivity index (χ0n) is 18.7. The molecule has 0 spiro atoms. The fraction of sp³-hybridized carbons (Fsp3) is 0.192. The van der Waals surface area contributed by atoms with E-state index in [4.69, 9.17) is 4.98 Å². The largest absolute Gasteiger partial charge is 0.369 e. The van der Waals surface area contributed by atoms with E-state index in [1.807, 2.05) is 30.5 Å². The fourth-order valence-corrected chi connectivity index (χ4v) is 5.46. The Morgan fingerprint density at radius 1 is 1.00 bits per heavy atom. The lowest BCUT2D eigenvalue weighted by Crippen LogP contribution is -2.44. The fourth-order valence-electron chi connectivity index (χ4n) is 4.35. The van der Waals surface area contributed by atoms with E-state index in [1.54, 1.807) is 11.3 Å². The van der Waals surface area contributed by atoms with Crippen molar-refractivity contribution >= 4 is 49.8 Å². The molecule has 5 aromatic rings. The van der Waals surface area contributed by atoms with E-state index in [9.17, 15) is 5.26 Å². The number of hydrogen-bond donors (Lipinski definition) is 2. The number of piperazine rings is 1. The van der Waals surface area contributed by atoms with Crippen LogP contribution in [0.4, 0.5) is 17.3 Å². The molecule has 4 heterocycles. The molecule has 7 nitrogen and oxygen atoms in total. The number of fused-ring (bicyclic) bond motifs is 2. The van der Waals surface area contributed by atoms with Gasteiger partial charge in [0.25, 0.3) is 0 Å². The number of rotatable bonds is 4. The lowest BCUT2D eigenvalue weighted by Gasteiger charge is -2.34. The molecular weight excluding hydrogens is 442 g/mol. The quantitative estimate of drug-likeness (QED) is 0.379. The van der Waals surface area contributed by atoms with Crippen LogP contribution in [-0.2, 0) is 0 Å². The number of aromatic nitrogens is 3. The summed E-state index contributed by atoms with van der Waals surface area (Å²) in [6.07, 6.45) is 1.89. The van der Waals surface area contributed by atoms with E-state index in [-0.39, 0.29) is 0 Å². The monoisotopic (exact) mass is 465 g/mol. The first-order valence-corrected chi connectivity index (χ1v) is 12.1. The van der Waals surface area contributed by atoms with Gasteiger partial charge in [-0.15, -0.1) is 11.3 Å². The maximum Gasteiger partial charge on any atom is 0.229 e. The van der Waals surface area contributed by atoms with E-state index < -0.39 is 0 Å². The summed E-state index contributed by atoms with van der Waals surface area (Å²) in [7, 11) is 2.17. The van der Waals surface area contributed by atoms with Crippen LogP contribution in [0.15, 0.2) is 60.8 Å². The van der Waals surface area contributed by atoms with E-state index in [0.29, 0.717) is 11.5 Å². The van der Waals surface area contributed by atoms with Crippen LogP contribution in [0.3, 0.4) is 0 Å². The minimum atomic E-state index is 0.549. The molecule has 34 heavy (non-hydrogen) atoms. The molecular formula is C26H23N7S. The van der Waals surface area contributed by atoms with Crippen LogP contribution in [0.1, 0.15) is 5.56 Å². The summed E-state index contributed by atoms with van der Waals surface area (Å²) in [6, 6.07) is 20.6. The van der Waals surface area contributed by atoms with Gasteiger partial charge in [-0.25, -0.2) is 4.98 Å². The summed E-state index contributed by atoms with van der Waals surface area (Å²) in [5.74, 6) is 0.549. The van der Waals surface area contributed by atoms with Crippen molar-refractivity contribution in [1.29, 1.82) is 5.26 Å². The van der Waals surface area contributed by atoms with Crippen LogP contribution >= 0.6 is 11.3 Å². The molecule has 0 aliphatic carbocycles. The minimum absolute atomic E-state index is 0.549. The summed E-state index contributed by atoms with van der Waals surface area (Å²) >= 11 is 1.64. The SMILES string of the molecule is CN1CCN(c2ccc(Nc3nc(-c4cc5ccc(C#N)cc5s4)c4cc[nH]c4n3)cc2)CC1. The van der Waals surface area contributed by atoms with Gasteiger partial charge in [0.1, 0.15) is 5.65 Å². The van der Waals surface area contributed by atoms with Crippen LogP contribution in [0.25, 0.3) is 31.7 Å². The van der Waals surface area contributed by atoms with Gasteiger partial charge in [-0.1, -0.05) is 6.07 Å². The first-order chi connectivity index (χ1) is 16.7. The van der Waals surface area contributed by atoms with Crippen LogP contribution < -0.4 is 10.2 Å². The molecule has 0 unspecified atom stereocenters. The predicted molar refractivity (Wildman–Crippen MR) is 139 cm³/mol. The number of anilines is 3. The van der Waals surface area contributed by atoms with E-state index in [0.717, 1.165) is 63.6 Å². The van der Waals surface area contributed by atoms with Gasteiger partial charge in [-0.05, 0) is 61.0 Å². The topological polar surface area (TPSA) is 83.9 Å². The second kappa shape index (κ2) is 8.45. The number of likely N-dealkylation sites (N-methyl/N-ethyl adjacent to an activating group) is 1. The molecule has 1 fully saturated rings. The van der Waals surface area contributed by atoms with Gasteiger partial charge >= 0.3 is 0 Å². The van der Waals surface area contributed by atoms with E-state index >= 15 is 0 Å². The number of H-pyrrole nitrogens is 1. The molecule has 0 saturated carbocycles. The smallest absolute Gasteiger partial charge is 0.229 e. The zero-order valence-corrected chi connectivity index (χ0v) is 19.6. The molecule has 0 amide bonds. The summed E-state index contributed by atoms with van der Waals surface area (Å²) in [5, 5.41) is 14.7. The Hall–Kier alpha value is -3.93. The van der Waals surface area contributed by atoms with Gasteiger partial charge < -0.3 is 20.1 Å². The third kappa shape index (κ3) is 3.85. The van der Waals surface area contributed by atoms with Crippen molar-refractivity contribution in [2.75, 3.05) is 43.4 Å². The highest BCUT2D eigenvalue weighted by Gasteiger charge is 2.16. The maximum absolute atomic E-state index is 9.23. The molecule has 1 saturated heterocycles. The summed E-state index contributed by atoms with van der Waals surface area (Å²) in [6.45, 7) is 4.26. The Kier molecular flexibility index (Phi) is 5.13. The number of thiophene rings is 1. The van der Waals surface area contributed by atoms with Gasteiger partial charge in [0.15, 0.2) is 0 Å². The molecule has 0 radical (unpaired) electrons. The molecule has 2 aromatic carbocycles. The highest BCUT2D eigenvalue weighted by Crippen LogP contribution is 2.37. The number of nitrogens with one attached hydrogen (secondary N) is 2. The standard InChI is InChI=1S/C26H23N7S/c1-32-10-12-33(13-11-32)20-6-4-19(5-7-20)29-26-30-24(21-8-9-28-25(21)31-26)23-15-18-3-2-17(16-27)14-22(18)34-23/h2-9,14-15H,10-13H2,1H3,(H2,28,29,30,31). The molecule has 3 aromatic heterocycles. The van der Waals surface area contributed by atoms with Crippen LogP contribution in [0.2, 0.25) is 0 Å². The molecule has 2 N–H and O–H groups in total. The van der Waals surface area contributed by atoms with Gasteiger partial charge in [0.05, 0.1) is 22.2 Å². The molecule has 1 aliphatic heterocycles. The number of nitriles is 1. The maximum atomic E-state index is 9.23. The molecule has 1 aliphatic rings. The third-order valence-corrected chi connectivity index (χ3v) is 7.39. The lowest BCUT2D eigenvalue weighted by molar-refractivity contribution is 0.313. The van der Waals surface area contributed by atoms with Gasteiger partial charge in [0.2, 0.25) is 5.95 Å². The third-order valence-electron chi connectivity index (χ3n) is 6.29. The van der Waals surface area contributed by atoms with Crippen molar-refractivity contribution in [3.05, 3.63) is 66.4 Å². The lowest BCUT2D eigenvalue weighted by atomic mass is 10.1. The van der Waals surface area contributed by atoms with Crippen molar-refractivity contribution in [3.63, 3.8) is 0 Å². The Bertz CT molecular complexity index is 1520. The second-order valence-electron chi connectivity index (χ2n) is 8.57. The number of aromatic amines is 1. The zero-order chi connectivity index (χ0) is 23.1. The summed E-state index contributed by atoms with van der Waals surface area (Å²) in [4.78, 5) is 18.6. The highest BCUT2D eigenvalue weighted by molar-refractivity contribution is 7.22. The first-order valence-electron chi connectivity index (χ1n) is 11.3.